The molecule has 5 aromatic carbocycles. The lowest BCUT2D eigenvalue weighted by molar-refractivity contribution is 1.52. The average molecular weight is 527 g/mol. The van der Waals surface area contributed by atoms with Crippen LogP contribution in [0.3, 0.4) is 0 Å². The maximum Gasteiger partial charge on any atom is 0.0646 e. The number of fused-ring (bicyclic) bond motifs is 4. The van der Waals surface area contributed by atoms with E-state index in [1.807, 2.05) is 11.3 Å². The van der Waals surface area contributed by atoms with Gasteiger partial charge in [0.1, 0.15) is 0 Å². The van der Waals surface area contributed by atoms with Crippen molar-refractivity contribution in [3.63, 3.8) is 0 Å². The van der Waals surface area contributed by atoms with Crippen LogP contribution >= 0.6 is 34.2 Å². The molecule has 1 heterocycles. The van der Waals surface area contributed by atoms with Gasteiger partial charge < -0.3 is 0 Å². The molecule has 0 bridgehead atoms. The molecule has 0 aliphatic rings. The van der Waals surface area contributed by atoms with E-state index < -0.39 is 0 Å². The van der Waals surface area contributed by atoms with E-state index in [1.165, 1.54) is 53.4 Å². The third kappa shape index (κ3) is 3.29. The van der Waals surface area contributed by atoms with E-state index in [2.05, 4.69) is 135 Å². The molecule has 1 nitrogen and oxygen atoms in total. The molecular formula is C28H18INS. The molecule has 148 valence electrons. The number of anilines is 2. The Kier molecular flexibility index (Phi) is 4.66. The molecule has 31 heavy (non-hydrogen) atoms. The van der Waals surface area contributed by atoms with Crippen molar-refractivity contribution in [1.82, 2.24) is 0 Å². The van der Waals surface area contributed by atoms with Crippen LogP contribution in [0.25, 0.3) is 42.1 Å². The lowest BCUT2D eigenvalue weighted by Gasteiger charge is -2.19. The fraction of sp³-hybridized carbons (Fsp3) is 0. The number of thiophene rings is 1. The third-order valence-electron chi connectivity index (χ3n) is 5.75. The number of benzene rings is 5. The highest BCUT2D eigenvalue weighted by atomic mass is 127. The Bertz CT molecular complexity index is 1550. The molecule has 0 atom stereocenters. The molecule has 0 radical (unpaired) electrons. The lowest BCUT2D eigenvalue weighted by Crippen LogP contribution is -2.01. The van der Waals surface area contributed by atoms with Crippen molar-refractivity contribution in [1.29, 1.82) is 0 Å². The van der Waals surface area contributed by atoms with Crippen LogP contribution in [-0.2, 0) is 0 Å². The summed E-state index contributed by atoms with van der Waals surface area (Å²) >= 11 is 4.30. The largest absolute Gasteiger partial charge is 0.282 e. The van der Waals surface area contributed by atoms with E-state index in [0.717, 1.165) is 0 Å². The first-order chi connectivity index (χ1) is 15.3. The number of halogens is 1. The maximum absolute atomic E-state index is 2.44. The highest BCUT2D eigenvalue weighted by molar-refractivity contribution is 14.1. The molecule has 6 aromatic rings. The summed E-state index contributed by atoms with van der Waals surface area (Å²) in [5, 5.41) is 5.16. The Morgan fingerprint density at radius 1 is 0.581 bits per heavy atom. The summed E-state index contributed by atoms with van der Waals surface area (Å²) < 4.78 is 4.95. The Balaban J connectivity index is 1.49. The lowest BCUT2D eigenvalue weighted by atomic mass is 10.0. The predicted octanol–water partition coefficient (Wildman–Crippen LogP) is 9.36. The smallest absolute Gasteiger partial charge is 0.0646 e. The van der Waals surface area contributed by atoms with Crippen molar-refractivity contribution in [2.45, 2.75) is 0 Å². The van der Waals surface area contributed by atoms with Crippen LogP contribution in [0.1, 0.15) is 0 Å². The van der Waals surface area contributed by atoms with Crippen LogP contribution in [0.15, 0.2) is 109 Å². The average Bonchev–Trinajstić information content (AvgIpc) is 3.22. The molecule has 0 N–H and O–H groups in total. The Hall–Kier alpha value is -2.89. The second-order valence-electron chi connectivity index (χ2n) is 7.64. The van der Waals surface area contributed by atoms with Crippen molar-refractivity contribution in [3.8, 4) is 11.1 Å². The van der Waals surface area contributed by atoms with E-state index in [-0.39, 0.29) is 0 Å². The van der Waals surface area contributed by atoms with Gasteiger partial charge in [0.2, 0.25) is 0 Å². The number of nitrogens with zero attached hydrogens (tertiary/aromatic N) is 1. The minimum Gasteiger partial charge on any atom is -0.282 e. The summed E-state index contributed by atoms with van der Waals surface area (Å²) in [5.41, 5.74) is 4.90. The van der Waals surface area contributed by atoms with Gasteiger partial charge in [-0.3, -0.25) is 3.11 Å². The van der Waals surface area contributed by atoms with Gasteiger partial charge in [0.25, 0.3) is 0 Å². The van der Waals surface area contributed by atoms with Gasteiger partial charge in [0, 0.05) is 20.2 Å². The molecular weight excluding hydrogens is 509 g/mol. The predicted molar refractivity (Wildman–Crippen MR) is 145 cm³/mol. The first kappa shape index (κ1) is 18.8. The summed E-state index contributed by atoms with van der Waals surface area (Å²) in [5.74, 6) is 0. The third-order valence-corrected chi connectivity index (χ3v) is 7.96. The van der Waals surface area contributed by atoms with Crippen LogP contribution in [0.2, 0.25) is 0 Å². The van der Waals surface area contributed by atoms with Crippen LogP contribution in [-0.4, -0.2) is 0 Å². The highest BCUT2D eigenvalue weighted by Gasteiger charge is 2.14. The van der Waals surface area contributed by atoms with E-state index in [9.17, 15) is 0 Å². The zero-order valence-corrected chi connectivity index (χ0v) is 19.6. The van der Waals surface area contributed by atoms with Crippen molar-refractivity contribution in [2.75, 3.05) is 3.11 Å². The van der Waals surface area contributed by atoms with Gasteiger partial charge in [-0.15, -0.1) is 11.3 Å². The quantitative estimate of drug-likeness (QED) is 0.164. The standard InChI is InChI=1S/C28H18INS/c29-30(25-10-6-12-27-28(25)24-9-4-5-11-26(24)31-27)23-16-15-20-13-14-21(17-22(20)18-23)19-7-2-1-3-8-19/h1-18H. The van der Waals surface area contributed by atoms with E-state index in [0.29, 0.717) is 0 Å². The van der Waals surface area contributed by atoms with Gasteiger partial charge >= 0.3 is 0 Å². The number of rotatable bonds is 3. The molecule has 0 saturated heterocycles. The van der Waals surface area contributed by atoms with Crippen molar-refractivity contribution in [2.24, 2.45) is 0 Å². The SMILES string of the molecule is IN(c1ccc2ccc(-c3ccccc3)cc2c1)c1cccc2sc3ccccc3c12. The molecule has 0 aliphatic carbocycles. The minimum atomic E-state index is 1.18. The fourth-order valence-electron chi connectivity index (χ4n) is 4.23. The van der Waals surface area contributed by atoms with Gasteiger partial charge in [0.05, 0.1) is 34.2 Å². The van der Waals surface area contributed by atoms with Crippen molar-refractivity contribution < 1.29 is 0 Å². The van der Waals surface area contributed by atoms with Gasteiger partial charge in [0.15, 0.2) is 0 Å². The van der Waals surface area contributed by atoms with Crippen LogP contribution in [0.5, 0.6) is 0 Å². The topological polar surface area (TPSA) is 3.24 Å². The molecule has 0 amide bonds. The second kappa shape index (κ2) is 7.66. The Morgan fingerprint density at radius 3 is 2.26 bits per heavy atom. The summed E-state index contributed by atoms with van der Waals surface area (Å²) in [7, 11) is 0. The highest BCUT2D eigenvalue weighted by Crippen LogP contribution is 2.43. The zero-order valence-electron chi connectivity index (χ0n) is 16.6. The zero-order chi connectivity index (χ0) is 20.8. The van der Waals surface area contributed by atoms with Gasteiger partial charge in [-0.25, -0.2) is 0 Å². The second-order valence-corrected chi connectivity index (χ2v) is 9.69. The monoisotopic (exact) mass is 527 g/mol. The molecule has 0 unspecified atom stereocenters. The van der Waals surface area contributed by atoms with Crippen LogP contribution < -0.4 is 3.11 Å². The molecule has 1 aromatic heterocycles. The summed E-state index contributed by atoms with van der Waals surface area (Å²) in [6, 6.07) is 39.3. The number of hydrogen-bond donors (Lipinski definition) is 0. The Labute approximate surface area is 199 Å². The molecule has 0 fully saturated rings. The van der Waals surface area contributed by atoms with E-state index in [4.69, 9.17) is 0 Å². The van der Waals surface area contributed by atoms with E-state index >= 15 is 0 Å². The number of hydrogen-bond acceptors (Lipinski definition) is 2. The molecule has 3 heteroatoms. The van der Waals surface area contributed by atoms with Gasteiger partial charge in [-0.05, 0) is 58.3 Å². The van der Waals surface area contributed by atoms with Crippen LogP contribution in [0, 0.1) is 0 Å². The molecule has 6 rings (SSSR count). The minimum absolute atomic E-state index is 1.18. The summed E-state index contributed by atoms with van der Waals surface area (Å²) in [6.07, 6.45) is 0. The molecule has 0 aliphatic heterocycles. The Morgan fingerprint density at radius 2 is 1.35 bits per heavy atom. The molecule has 0 saturated carbocycles. The summed E-state index contributed by atoms with van der Waals surface area (Å²) in [6.45, 7) is 0. The normalized spacial score (nSPS) is 11.4. The van der Waals surface area contributed by atoms with Crippen LogP contribution in [0.4, 0.5) is 11.4 Å². The van der Waals surface area contributed by atoms with Crippen molar-refractivity contribution >= 4 is 76.5 Å². The van der Waals surface area contributed by atoms with E-state index in [1.54, 1.807) is 0 Å². The summed E-state index contributed by atoms with van der Waals surface area (Å²) in [4.78, 5) is 0. The van der Waals surface area contributed by atoms with Crippen molar-refractivity contribution in [3.05, 3.63) is 109 Å². The molecule has 0 spiro atoms. The maximum atomic E-state index is 2.44. The van der Waals surface area contributed by atoms with Gasteiger partial charge in [-0.2, -0.15) is 0 Å². The first-order valence-corrected chi connectivity index (χ1v) is 12.0. The van der Waals surface area contributed by atoms with Gasteiger partial charge in [-0.1, -0.05) is 72.8 Å². The fourth-order valence-corrected chi connectivity index (χ4v) is 6.05. The first-order valence-electron chi connectivity index (χ1n) is 10.2.